The number of ether oxygens (including phenoxy) is 1. The lowest BCUT2D eigenvalue weighted by Crippen LogP contribution is -2.68. The molecule has 0 spiro atoms. The molecule has 6 aliphatic rings. The van der Waals surface area contributed by atoms with Gasteiger partial charge in [0.2, 0.25) is 0 Å². The number of Topliss-reactive ketones (excluding diaryl/α,β-unsaturated/α-hetero) is 2. The lowest BCUT2D eigenvalue weighted by Gasteiger charge is -2.72. The third-order valence-corrected chi connectivity index (χ3v) is 15.4. The minimum atomic E-state index is -1.83. The normalized spacial score (nSPS) is 53.1. The van der Waals surface area contributed by atoms with Crippen LogP contribution in [-0.2, 0) is 19.1 Å². The zero-order chi connectivity index (χ0) is 32.4. The van der Waals surface area contributed by atoms with Gasteiger partial charge in [-0.05, 0) is 111 Å². The molecule has 0 bridgehead atoms. The van der Waals surface area contributed by atoms with Crippen molar-refractivity contribution in [1.29, 1.82) is 0 Å². The highest BCUT2D eigenvalue weighted by atomic mass is 16.6. The lowest BCUT2D eigenvalue weighted by atomic mass is 9.32. The molecule has 14 atom stereocenters. The van der Waals surface area contributed by atoms with Crippen LogP contribution in [0.5, 0.6) is 0 Å². The van der Waals surface area contributed by atoms with Crippen molar-refractivity contribution < 1.29 is 39.5 Å². The summed E-state index contributed by atoms with van der Waals surface area (Å²) in [6.07, 6.45) is -0.0755. The second kappa shape index (κ2) is 10.2. The highest BCUT2D eigenvalue weighted by Crippen LogP contribution is 2.77. The summed E-state index contributed by atoms with van der Waals surface area (Å²) in [6.45, 7) is 18.2. The first kappa shape index (κ1) is 32.3. The molecule has 1 aliphatic heterocycles. The van der Waals surface area contributed by atoms with Gasteiger partial charge >= 0.3 is 5.97 Å². The first-order valence-electron chi connectivity index (χ1n) is 17.0. The zero-order valence-electron chi connectivity index (χ0n) is 27.5. The van der Waals surface area contributed by atoms with Gasteiger partial charge in [-0.2, -0.15) is 0 Å². The Morgan fingerprint density at radius 3 is 2.09 bits per heavy atom. The number of hydrogen-bond acceptors (Lipinski definition) is 7. The Balaban J connectivity index is 1.38. The summed E-state index contributed by atoms with van der Waals surface area (Å²) in [5.41, 5.74) is -0.0294. The van der Waals surface area contributed by atoms with E-state index in [1.165, 1.54) is 0 Å². The molecule has 44 heavy (non-hydrogen) atoms. The van der Waals surface area contributed by atoms with Crippen molar-refractivity contribution in [3.05, 3.63) is 12.2 Å². The molecule has 5 aliphatic carbocycles. The van der Waals surface area contributed by atoms with Crippen LogP contribution >= 0.6 is 0 Å². The van der Waals surface area contributed by atoms with Crippen LogP contribution in [-0.4, -0.2) is 68.5 Å². The molecule has 0 amide bonds. The van der Waals surface area contributed by atoms with Crippen LogP contribution in [0.3, 0.4) is 0 Å². The molecule has 8 heteroatoms. The molecule has 0 aromatic heterocycles. The fourth-order valence-corrected chi connectivity index (χ4v) is 13.0. The molecule has 6 fully saturated rings. The Hall–Kier alpha value is -1.61. The Bertz CT molecular complexity index is 1260. The first-order chi connectivity index (χ1) is 20.4. The second-order valence-electron chi connectivity index (χ2n) is 17.1. The van der Waals surface area contributed by atoms with Crippen LogP contribution in [0.15, 0.2) is 12.2 Å². The number of hydrogen-bond donors (Lipinski definition) is 4. The van der Waals surface area contributed by atoms with Crippen molar-refractivity contribution in [2.75, 3.05) is 0 Å². The van der Waals surface area contributed by atoms with Gasteiger partial charge in [-0.25, -0.2) is 4.79 Å². The minimum Gasteiger partial charge on any atom is -0.479 e. The van der Waals surface area contributed by atoms with E-state index < -0.39 is 41.9 Å². The van der Waals surface area contributed by atoms with Crippen molar-refractivity contribution in [3.63, 3.8) is 0 Å². The van der Waals surface area contributed by atoms with E-state index in [9.17, 15) is 34.8 Å². The number of carbonyl (C=O) groups is 3. The predicted molar refractivity (Wildman–Crippen MR) is 163 cm³/mol. The van der Waals surface area contributed by atoms with Gasteiger partial charge in [0, 0.05) is 17.3 Å². The lowest BCUT2D eigenvalue weighted by molar-refractivity contribution is -0.243. The minimum absolute atomic E-state index is 0.0259. The highest BCUT2D eigenvalue weighted by Gasteiger charge is 2.72. The average molecular weight is 615 g/mol. The van der Waals surface area contributed by atoms with E-state index in [1.807, 2.05) is 6.92 Å². The van der Waals surface area contributed by atoms with Gasteiger partial charge in [0.05, 0.1) is 0 Å². The number of fused-ring (bicyclic) bond motifs is 7. The van der Waals surface area contributed by atoms with Gasteiger partial charge in [0.15, 0.2) is 11.9 Å². The SMILES string of the molecule is C=C(C)[C@@H]1CC[C@]2(C(=O)[C@@H]3OC(C(=O)O)[C@@H](O)C(O)C3O)CC[C@]3(C)C(CCC4[C@@]5(C)CCC(=O)C(C)(C)C5CC[C@]43C)C12. The standard InChI is InChI=1S/C36H54O8/c1-18(2)19-10-15-36(30(41)28-26(39)25(38)27(40)29(44-28)31(42)43)17-16-34(6)20(24(19)36)8-9-22-33(5)13-12-23(37)32(3,4)21(33)11-14-35(22,34)7/h19-22,24-29,38-40H,1,8-17H2,2-7H3,(H,42,43)/t19-,20?,21?,22?,24?,25?,26?,27-,28+,29?,33-,34+,35+,36-/m0/s1. The maximum absolute atomic E-state index is 14.7. The third-order valence-electron chi connectivity index (χ3n) is 15.4. The summed E-state index contributed by atoms with van der Waals surface area (Å²) >= 11 is 0. The fourth-order valence-electron chi connectivity index (χ4n) is 13.0. The maximum Gasteiger partial charge on any atom is 0.335 e. The van der Waals surface area contributed by atoms with Gasteiger partial charge in [-0.15, -0.1) is 0 Å². The molecular weight excluding hydrogens is 560 g/mol. The molecule has 246 valence electrons. The van der Waals surface area contributed by atoms with Crippen LogP contribution in [0.2, 0.25) is 0 Å². The quantitative estimate of drug-likeness (QED) is 0.334. The molecule has 6 rings (SSSR count). The number of aliphatic hydroxyl groups is 3. The number of ketones is 2. The summed E-state index contributed by atoms with van der Waals surface area (Å²) in [5, 5.41) is 41.6. The van der Waals surface area contributed by atoms with E-state index >= 15 is 0 Å². The second-order valence-corrected chi connectivity index (χ2v) is 17.1. The topological polar surface area (TPSA) is 141 Å². The monoisotopic (exact) mass is 614 g/mol. The molecule has 0 radical (unpaired) electrons. The Morgan fingerprint density at radius 1 is 0.795 bits per heavy atom. The van der Waals surface area contributed by atoms with E-state index in [0.29, 0.717) is 36.9 Å². The Morgan fingerprint density at radius 2 is 1.45 bits per heavy atom. The number of aliphatic carboxylic acids is 1. The molecule has 1 heterocycles. The fraction of sp³-hybridized carbons (Fsp3) is 0.861. The number of allylic oxidation sites excluding steroid dienone is 1. The average Bonchev–Trinajstić information content (AvgIpc) is 3.35. The van der Waals surface area contributed by atoms with Crippen LogP contribution in [0.1, 0.15) is 106 Å². The van der Waals surface area contributed by atoms with Crippen molar-refractivity contribution in [2.45, 2.75) is 136 Å². The molecule has 0 aromatic carbocycles. The van der Waals surface area contributed by atoms with Crippen LogP contribution in [0.4, 0.5) is 0 Å². The molecule has 5 saturated carbocycles. The highest BCUT2D eigenvalue weighted by molar-refractivity contribution is 5.91. The molecule has 4 N–H and O–H groups in total. The van der Waals surface area contributed by atoms with Gasteiger partial charge < -0.3 is 25.2 Å². The van der Waals surface area contributed by atoms with Crippen LogP contribution in [0, 0.1) is 56.7 Å². The Kier molecular flexibility index (Phi) is 7.49. The summed E-state index contributed by atoms with van der Waals surface area (Å²) < 4.78 is 5.66. The Labute approximate surface area is 262 Å². The van der Waals surface area contributed by atoms with E-state index in [0.717, 1.165) is 50.5 Å². The number of carboxylic acids is 1. The number of rotatable bonds is 4. The van der Waals surface area contributed by atoms with Crippen molar-refractivity contribution in [3.8, 4) is 0 Å². The number of carboxylic acid groups (broad SMARTS) is 1. The molecule has 1 saturated heterocycles. The largest absolute Gasteiger partial charge is 0.479 e. The number of aliphatic hydroxyl groups excluding tert-OH is 3. The molecule has 8 nitrogen and oxygen atoms in total. The van der Waals surface area contributed by atoms with E-state index in [-0.39, 0.29) is 45.2 Å². The predicted octanol–water partition coefficient (Wildman–Crippen LogP) is 4.72. The van der Waals surface area contributed by atoms with Gasteiger partial charge in [0.1, 0.15) is 30.2 Å². The van der Waals surface area contributed by atoms with Gasteiger partial charge in [0.25, 0.3) is 0 Å². The van der Waals surface area contributed by atoms with Gasteiger partial charge in [-0.1, -0.05) is 46.8 Å². The zero-order valence-corrected chi connectivity index (χ0v) is 27.5. The van der Waals surface area contributed by atoms with Crippen molar-refractivity contribution in [2.24, 2.45) is 56.7 Å². The maximum atomic E-state index is 14.7. The van der Waals surface area contributed by atoms with Crippen LogP contribution < -0.4 is 0 Å². The van der Waals surface area contributed by atoms with E-state index in [2.05, 4.69) is 41.2 Å². The molecule has 0 aromatic rings. The molecule has 7 unspecified atom stereocenters. The molecular formula is C36H54O8. The summed E-state index contributed by atoms with van der Waals surface area (Å²) in [7, 11) is 0. The summed E-state index contributed by atoms with van der Waals surface area (Å²) in [5.74, 6) is -0.233. The van der Waals surface area contributed by atoms with Crippen molar-refractivity contribution in [1.82, 2.24) is 0 Å². The smallest absolute Gasteiger partial charge is 0.335 e. The third kappa shape index (κ3) is 3.99. The summed E-state index contributed by atoms with van der Waals surface area (Å²) in [6, 6.07) is 0. The number of carbonyl (C=O) groups excluding carboxylic acids is 2. The first-order valence-corrected chi connectivity index (χ1v) is 17.0. The summed E-state index contributed by atoms with van der Waals surface area (Å²) in [4.78, 5) is 39.7. The van der Waals surface area contributed by atoms with Crippen molar-refractivity contribution >= 4 is 17.5 Å². The van der Waals surface area contributed by atoms with Gasteiger partial charge in [-0.3, -0.25) is 9.59 Å². The van der Waals surface area contributed by atoms with Crippen LogP contribution in [0.25, 0.3) is 0 Å². The van der Waals surface area contributed by atoms with E-state index in [1.54, 1.807) is 0 Å². The van der Waals surface area contributed by atoms with E-state index in [4.69, 9.17) is 4.74 Å².